The van der Waals surface area contributed by atoms with Crippen LogP contribution in [0.1, 0.15) is 12.8 Å². The van der Waals surface area contributed by atoms with Crippen LogP contribution < -0.4 is 10.5 Å². The largest absolute Gasteiger partial charge is 0.474 e. The van der Waals surface area contributed by atoms with Crippen LogP contribution >= 0.6 is 0 Å². The molecule has 0 saturated heterocycles. The minimum atomic E-state index is -0.196. The summed E-state index contributed by atoms with van der Waals surface area (Å²) >= 11 is 0. The monoisotopic (exact) mass is 180 g/mol. The molecule has 1 aromatic rings. The zero-order valence-electron chi connectivity index (χ0n) is 7.18. The number of pyridine rings is 1. The van der Waals surface area contributed by atoms with Gasteiger partial charge in [0.1, 0.15) is 6.10 Å². The number of anilines is 1. The number of rotatable bonds is 2. The minimum Gasteiger partial charge on any atom is -0.474 e. The third-order valence-corrected chi connectivity index (χ3v) is 2.12. The first kappa shape index (κ1) is 8.31. The molecule has 0 spiro atoms. The Balaban J connectivity index is 1.91. The molecule has 70 valence electrons. The van der Waals surface area contributed by atoms with Gasteiger partial charge in [-0.1, -0.05) is 0 Å². The van der Waals surface area contributed by atoms with E-state index in [-0.39, 0.29) is 12.2 Å². The fourth-order valence-corrected chi connectivity index (χ4v) is 1.27. The van der Waals surface area contributed by atoms with E-state index in [1.165, 1.54) is 0 Å². The Kier molecular flexibility index (Phi) is 2.06. The first-order valence-corrected chi connectivity index (χ1v) is 4.30. The molecular weight excluding hydrogens is 168 g/mol. The molecular formula is C9H12N2O2. The predicted molar refractivity (Wildman–Crippen MR) is 48.3 cm³/mol. The molecule has 1 heterocycles. The lowest BCUT2D eigenvalue weighted by Gasteiger charge is -2.30. The van der Waals surface area contributed by atoms with Gasteiger partial charge in [-0.2, -0.15) is 0 Å². The summed E-state index contributed by atoms with van der Waals surface area (Å²) in [6.45, 7) is 0. The molecule has 1 fully saturated rings. The zero-order valence-corrected chi connectivity index (χ0v) is 7.18. The first-order valence-electron chi connectivity index (χ1n) is 4.30. The molecule has 13 heavy (non-hydrogen) atoms. The second-order valence-electron chi connectivity index (χ2n) is 3.29. The van der Waals surface area contributed by atoms with Crippen LogP contribution in [-0.2, 0) is 0 Å². The van der Waals surface area contributed by atoms with Crippen LogP contribution in [0.15, 0.2) is 18.3 Å². The van der Waals surface area contributed by atoms with Gasteiger partial charge in [-0.15, -0.1) is 0 Å². The molecule has 1 saturated carbocycles. The Morgan fingerprint density at radius 2 is 2.23 bits per heavy atom. The van der Waals surface area contributed by atoms with Gasteiger partial charge in [-0.05, 0) is 6.07 Å². The van der Waals surface area contributed by atoms with E-state index >= 15 is 0 Å². The second-order valence-corrected chi connectivity index (χ2v) is 3.29. The summed E-state index contributed by atoms with van der Waals surface area (Å²) in [6.07, 6.45) is 2.88. The maximum atomic E-state index is 9.02. The molecule has 3 N–H and O–H groups in total. The predicted octanol–water partition coefficient (Wildman–Crippen LogP) is 0.566. The van der Waals surface area contributed by atoms with Crippen molar-refractivity contribution in [2.24, 2.45) is 0 Å². The Morgan fingerprint density at radius 3 is 2.77 bits per heavy atom. The van der Waals surface area contributed by atoms with Crippen molar-refractivity contribution in [3.63, 3.8) is 0 Å². The van der Waals surface area contributed by atoms with Crippen LogP contribution in [0.4, 0.5) is 5.69 Å². The number of aromatic nitrogens is 1. The summed E-state index contributed by atoms with van der Waals surface area (Å²) in [5.41, 5.74) is 6.09. The number of hydrogen-bond donors (Lipinski definition) is 2. The van der Waals surface area contributed by atoms with Crippen molar-refractivity contribution in [3.8, 4) is 5.88 Å². The molecule has 4 nitrogen and oxygen atoms in total. The summed E-state index contributed by atoms with van der Waals surface area (Å²) < 4.78 is 5.45. The summed E-state index contributed by atoms with van der Waals surface area (Å²) in [7, 11) is 0. The first-order chi connectivity index (χ1) is 6.24. The van der Waals surface area contributed by atoms with Crippen molar-refractivity contribution in [1.29, 1.82) is 0 Å². The molecule has 1 aliphatic carbocycles. The van der Waals surface area contributed by atoms with Crippen molar-refractivity contribution >= 4 is 5.69 Å². The average Bonchev–Trinajstić information content (AvgIpc) is 2.06. The zero-order chi connectivity index (χ0) is 9.26. The van der Waals surface area contributed by atoms with Gasteiger partial charge in [0.25, 0.3) is 0 Å². The quantitative estimate of drug-likeness (QED) is 0.698. The number of nitrogens with zero attached hydrogens (tertiary/aromatic N) is 1. The lowest BCUT2D eigenvalue weighted by atomic mass is 9.92. The summed E-state index contributed by atoms with van der Waals surface area (Å²) in [5, 5.41) is 9.02. The Morgan fingerprint density at radius 1 is 1.46 bits per heavy atom. The van der Waals surface area contributed by atoms with Crippen LogP contribution in [0.25, 0.3) is 0 Å². The third kappa shape index (κ3) is 1.89. The molecule has 4 heteroatoms. The van der Waals surface area contributed by atoms with Gasteiger partial charge in [-0.3, -0.25) is 0 Å². The molecule has 0 aromatic carbocycles. The van der Waals surface area contributed by atoms with Crippen LogP contribution in [0.3, 0.4) is 0 Å². The topological polar surface area (TPSA) is 68.4 Å². The summed E-state index contributed by atoms with van der Waals surface area (Å²) in [4.78, 5) is 4.00. The van der Waals surface area contributed by atoms with Gasteiger partial charge in [-0.25, -0.2) is 4.98 Å². The highest BCUT2D eigenvalue weighted by atomic mass is 16.5. The minimum absolute atomic E-state index is 0.117. The highest BCUT2D eigenvalue weighted by Gasteiger charge is 2.29. The summed E-state index contributed by atoms with van der Waals surface area (Å²) in [5.74, 6) is 0.575. The normalized spacial score (nSPS) is 26.5. The van der Waals surface area contributed by atoms with Crippen molar-refractivity contribution in [1.82, 2.24) is 4.98 Å². The fourth-order valence-electron chi connectivity index (χ4n) is 1.27. The van der Waals surface area contributed by atoms with Crippen LogP contribution in [0.5, 0.6) is 5.88 Å². The molecule has 1 aromatic heterocycles. The Hall–Kier alpha value is -1.29. The third-order valence-electron chi connectivity index (χ3n) is 2.12. The molecule has 0 unspecified atom stereocenters. The number of nitrogen functional groups attached to an aromatic ring is 1. The molecule has 0 aliphatic heterocycles. The van der Waals surface area contributed by atoms with E-state index < -0.39 is 0 Å². The molecule has 0 amide bonds. The fraction of sp³-hybridized carbons (Fsp3) is 0.444. The summed E-state index contributed by atoms with van der Waals surface area (Å²) in [6, 6.07) is 3.48. The van der Waals surface area contributed by atoms with Gasteiger partial charge in [0.15, 0.2) is 0 Å². The van der Waals surface area contributed by atoms with Gasteiger partial charge >= 0.3 is 0 Å². The molecule has 0 bridgehead atoms. The van der Waals surface area contributed by atoms with E-state index in [0.717, 1.165) is 0 Å². The van der Waals surface area contributed by atoms with Gasteiger partial charge in [0.2, 0.25) is 5.88 Å². The lowest BCUT2D eigenvalue weighted by molar-refractivity contribution is -0.0128. The van der Waals surface area contributed by atoms with E-state index in [1.54, 1.807) is 18.3 Å². The number of hydrogen-bond acceptors (Lipinski definition) is 4. The highest BCUT2D eigenvalue weighted by molar-refractivity contribution is 5.36. The van der Waals surface area contributed by atoms with Crippen LogP contribution in [0, 0.1) is 0 Å². The van der Waals surface area contributed by atoms with E-state index in [9.17, 15) is 0 Å². The Labute approximate surface area is 76.4 Å². The second kappa shape index (κ2) is 3.22. The van der Waals surface area contributed by atoms with E-state index in [0.29, 0.717) is 24.4 Å². The van der Waals surface area contributed by atoms with E-state index in [1.807, 2.05) is 0 Å². The number of ether oxygens (including phenoxy) is 1. The van der Waals surface area contributed by atoms with E-state index in [2.05, 4.69) is 4.98 Å². The molecule has 0 radical (unpaired) electrons. The Bertz CT molecular complexity index is 280. The molecule has 2 rings (SSSR count). The van der Waals surface area contributed by atoms with Crippen molar-refractivity contribution in [2.75, 3.05) is 5.73 Å². The van der Waals surface area contributed by atoms with Gasteiger partial charge in [0, 0.05) is 18.9 Å². The SMILES string of the molecule is Nc1ccc(OC2CC(O)C2)nc1. The molecule has 1 aliphatic rings. The lowest BCUT2D eigenvalue weighted by Crippen LogP contribution is -2.37. The number of aliphatic hydroxyl groups excluding tert-OH is 1. The maximum absolute atomic E-state index is 9.02. The smallest absolute Gasteiger partial charge is 0.213 e. The number of aliphatic hydroxyl groups is 1. The van der Waals surface area contributed by atoms with E-state index in [4.69, 9.17) is 15.6 Å². The van der Waals surface area contributed by atoms with Crippen molar-refractivity contribution in [2.45, 2.75) is 25.0 Å². The standard InChI is InChI=1S/C9H12N2O2/c10-6-1-2-9(11-5-6)13-8-3-7(12)4-8/h1-2,5,7-8,12H,3-4,10H2. The van der Waals surface area contributed by atoms with Gasteiger partial charge < -0.3 is 15.6 Å². The molecule has 0 atom stereocenters. The van der Waals surface area contributed by atoms with Crippen LogP contribution in [0.2, 0.25) is 0 Å². The average molecular weight is 180 g/mol. The maximum Gasteiger partial charge on any atom is 0.213 e. The van der Waals surface area contributed by atoms with Crippen LogP contribution in [-0.4, -0.2) is 22.3 Å². The van der Waals surface area contributed by atoms with Crippen molar-refractivity contribution < 1.29 is 9.84 Å². The van der Waals surface area contributed by atoms with Crippen molar-refractivity contribution in [3.05, 3.63) is 18.3 Å². The van der Waals surface area contributed by atoms with Gasteiger partial charge in [0.05, 0.1) is 18.0 Å². The highest BCUT2D eigenvalue weighted by Crippen LogP contribution is 2.24. The number of nitrogens with two attached hydrogens (primary N) is 1.